The fourth-order valence-electron chi connectivity index (χ4n) is 0.579. The van der Waals surface area contributed by atoms with Crippen molar-refractivity contribution < 1.29 is 9.53 Å². The van der Waals surface area contributed by atoms with Gasteiger partial charge in [0, 0.05) is 32.9 Å². The Labute approximate surface area is 77.9 Å². The van der Waals surface area contributed by atoms with Gasteiger partial charge in [-0.15, -0.1) is 0 Å². The fraction of sp³-hybridized carbons (Fsp3) is 0.556. The van der Waals surface area contributed by atoms with Crippen molar-refractivity contribution >= 4 is 5.97 Å². The second-order valence-electron chi connectivity index (χ2n) is 2.28. The largest absolute Gasteiger partial charge is 0.372 e. The predicted octanol–water partition coefficient (Wildman–Crippen LogP) is 0.404. The molecule has 0 saturated carbocycles. The molecule has 0 aromatic carbocycles. The zero-order valence-corrected chi connectivity index (χ0v) is 7.59. The Morgan fingerprint density at radius 3 is 2.77 bits per heavy atom. The first kappa shape index (κ1) is 11.5. The van der Waals surface area contributed by atoms with Gasteiger partial charge in [0.25, 0.3) is 0 Å². The summed E-state index contributed by atoms with van der Waals surface area (Å²) in [5.41, 5.74) is 0. The van der Waals surface area contributed by atoms with E-state index in [1.807, 2.05) is 6.07 Å². The molecule has 0 heterocycles. The maximum atomic E-state index is 10.2. The average molecular weight is 180 g/mol. The van der Waals surface area contributed by atoms with Crippen molar-refractivity contribution in [1.29, 1.82) is 5.26 Å². The molecule has 0 spiro atoms. The summed E-state index contributed by atoms with van der Waals surface area (Å²) in [6.45, 7) is 2.68. The van der Waals surface area contributed by atoms with Crippen LogP contribution in [-0.2, 0) is 9.53 Å². The Kier molecular flexibility index (Phi) is 7.57. The number of hydrogen-bond acceptors (Lipinski definition) is 4. The summed E-state index contributed by atoms with van der Waals surface area (Å²) < 4.78 is 4.39. The highest BCUT2D eigenvalue weighted by atomic mass is 16.5. The van der Waals surface area contributed by atoms with Gasteiger partial charge in [0.1, 0.15) is 6.11 Å². The van der Waals surface area contributed by atoms with E-state index in [-0.39, 0.29) is 0 Å². The highest BCUT2D eigenvalue weighted by Gasteiger charge is 1.85. The first-order valence-corrected chi connectivity index (χ1v) is 4.00. The van der Waals surface area contributed by atoms with Gasteiger partial charge in [-0.25, -0.2) is 0 Å². The molecular weight excluding hydrogens is 168 g/mol. The quantitative estimate of drug-likeness (QED) is 0.386. The molecule has 0 aromatic heterocycles. The van der Waals surface area contributed by atoms with Crippen molar-refractivity contribution in [2.24, 2.45) is 0 Å². The molecule has 13 heavy (non-hydrogen) atoms. The minimum Gasteiger partial charge on any atom is -0.372 e. The highest BCUT2D eigenvalue weighted by Crippen LogP contribution is 1.76. The number of carbonyl (C=O) groups is 1. The Hall–Kier alpha value is -1.52. The third-order valence-electron chi connectivity index (χ3n) is 1.11. The molecule has 4 heteroatoms. The summed E-state index contributed by atoms with van der Waals surface area (Å²) in [7, 11) is 0. The molecule has 0 amide bonds. The van der Waals surface area contributed by atoms with Crippen molar-refractivity contribution in [2.75, 3.05) is 13.1 Å². The van der Waals surface area contributed by atoms with Gasteiger partial charge in [0.05, 0.1) is 6.07 Å². The second-order valence-corrected chi connectivity index (χ2v) is 2.28. The topological polar surface area (TPSA) is 62.1 Å². The van der Waals surface area contributed by atoms with E-state index < -0.39 is 5.97 Å². The van der Waals surface area contributed by atoms with Crippen LogP contribution in [0.1, 0.15) is 19.8 Å². The number of ether oxygens (including phenoxy) is 1. The summed E-state index contributed by atoms with van der Waals surface area (Å²) in [6, 6.07) is 2.02. The maximum absolute atomic E-state index is 10.2. The monoisotopic (exact) mass is 180 g/mol. The van der Waals surface area contributed by atoms with Gasteiger partial charge < -0.3 is 10.1 Å². The first-order chi connectivity index (χ1) is 6.27. The second kappa shape index (κ2) is 8.58. The summed E-state index contributed by atoms with van der Waals surface area (Å²) in [5, 5.41) is 11.2. The Morgan fingerprint density at radius 1 is 1.46 bits per heavy atom. The van der Waals surface area contributed by atoms with Crippen LogP contribution >= 0.6 is 0 Å². The van der Waals surface area contributed by atoms with Gasteiger partial charge in [-0.3, -0.25) is 4.79 Å². The third-order valence-corrected chi connectivity index (χ3v) is 1.11. The fourth-order valence-corrected chi connectivity index (χ4v) is 0.579. The number of rotatable bonds is 4. The van der Waals surface area contributed by atoms with Crippen molar-refractivity contribution in [3.05, 3.63) is 0 Å². The number of nitrogens with zero attached hydrogens (tertiary/aromatic N) is 1. The molecule has 0 unspecified atom stereocenters. The van der Waals surface area contributed by atoms with Crippen molar-refractivity contribution in [1.82, 2.24) is 5.32 Å². The van der Waals surface area contributed by atoms with Gasteiger partial charge >= 0.3 is 5.97 Å². The molecule has 70 valence electrons. The molecule has 0 radical (unpaired) electrons. The van der Waals surface area contributed by atoms with Crippen LogP contribution in [0.4, 0.5) is 0 Å². The van der Waals surface area contributed by atoms with Gasteiger partial charge in [0.15, 0.2) is 0 Å². The number of nitriles is 1. The number of esters is 1. The van der Waals surface area contributed by atoms with E-state index in [9.17, 15) is 4.79 Å². The molecular formula is C9H12N2O2. The number of carbonyl (C=O) groups excluding carboxylic acids is 1. The van der Waals surface area contributed by atoms with Crippen LogP contribution in [0.3, 0.4) is 0 Å². The number of nitrogens with one attached hydrogen (secondary N) is 1. The molecule has 1 N–H and O–H groups in total. The molecule has 0 atom stereocenters. The van der Waals surface area contributed by atoms with Gasteiger partial charge in [-0.1, -0.05) is 5.92 Å². The molecule has 0 fully saturated rings. The van der Waals surface area contributed by atoms with Crippen molar-refractivity contribution in [3.8, 4) is 18.1 Å². The van der Waals surface area contributed by atoms with E-state index in [2.05, 4.69) is 22.1 Å². The highest BCUT2D eigenvalue weighted by molar-refractivity contribution is 5.67. The van der Waals surface area contributed by atoms with Crippen LogP contribution in [0.25, 0.3) is 0 Å². The molecule has 0 saturated heterocycles. The lowest BCUT2D eigenvalue weighted by atomic mass is 10.4. The third kappa shape index (κ3) is 10.5. The van der Waals surface area contributed by atoms with Crippen LogP contribution in [-0.4, -0.2) is 19.1 Å². The Balaban J connectivity index is 3.19. The first-order valence-electron chi connectivity index (χ1n) is 4.00. The minimum absolute atomic E-state index is 0.398. The lowest BCUT2D eigenvalue weighted by molar-refractivity contribution is -0.134. The van der Waals surface area contributed by atoms with Gasteiger partial charge in [-0.05, 0) is 0 Å². The summed E-state index contributed by atoms with van der Waals surface area (Å²) in [5.74, 6) is 2.26. The summed E-state index contributed by atoms with van der Waals surface area (Å²) >= 11 is 0. The van der Waals surface area contributed by atoms with Crippen LogP contribution in [0, 0.1) is 23.4 Å². The SMILES string of the molecule is CC(=O)OC#CCCNCCC#N. The molecule has 0 aliphatic rings. The predicted molar refractivity (Wildman–Crippen MR) is 47.3 cm³/mol. The molecule has 0 rings (SSSR count). The van der Waals surface area contributed by atoms with E-state index in [0.29, 0.717) is 25.9 Å². The maximum Gasteiger partial charge on any atom is 0.316 e. The lowest BCUT2D eigenvalue weighted by Gasteiger charge is -1.94. The number of hydrogen-bond donors (Lipinski definition) is 1. The minimum atomic E-state index is -0.398. The molecule has 0 aliphatic heterocycles. The van der Waals surface area contributed by atoms with Crippen LogP contribution in [0.2, 0.25) is 0 Å². The van der Waals surface area contributed by atoms with E-state index in [4.69, 9.17) is 5.26 Å². The zero-order chi connectivity index (χ0) is 9.94. The van der Waals surface area contributed by atoms with Crippen molar-refractivity contribution in [2.45, 2.75) is 19.8 Å². The molecule has 0 aromatic rings. The Morgan fingerprint density at radius 2 is 2.15 bits per heavy atom. The molecule has 0 bridgehead atoms. The smallest absolute Gasteiger partial charge is 0.316 e. The van der Waals surface area contributed by atoms with Crippen LogP contribution < -0.4 is 5.32 Å². The van der Waals surface area contributed by atoms with E-state index in [1.165, 1.54) is 6.92 Å². The normalized spacial score (nSPS) is 8.00. The van der Waals surface area contributed by atoms with Gasteiger partial charge in [-0.2, -0.15) is 5.26 Å². The zero-order valence-electron chi connectivity index (χ0n) is 7.59. The molecule has 4 nitrogen and oxygen atoms in total. The summed E-state index contributed by atoms with van der Waals surface area (Å²) in [4.78, 5) is 10.2. The van der Waals surface area contributed by atoms with E-state index in [1.54, 1.807) is 0 Å². The standard InChI is InChI=1S/C9H12N2O2/c1-9(12)13-8-3-2-6-11-7-4-5-10/h11H,2,4,6-7H2,1H3. The average Bonchev–Trinajstić information content (AvgIpc) is 2.09. The van der Waals surface area contributed by atoms with Gasteiger partial charge in [0.2, 0.25) is 0 Å². The van der Waals surface area contributed by atoms with E-state index in [0.717, 1.165) is 0 Å². The van der Waals surface area contributed by atoms with E-state index >= 15 is 0 Å². The summed E-state index contributed by atoms with van der Waals surface area (Å²) in [6.07, 6.45) is 3.38. The Bertz CT molecular complexity index is 245. The van der Waals surface area contributed by atoms with Crippen LogP contribution in [0.15, 0.2) is 0 Å². The molecule has 0 aliphatic carbocycles. The van der Waals surface area contributed by atoms with Crippen molar-refractivity contribution in [3.63, 3.8) is 0 Å². The lowest BCUT2D eigenvalue weighted by Crippen LogP contribution is -2.15. The van der Waals surface area contributed by atoms with Crippen LogP contribution in [0.5, 0.6) is 0 Å².